The van der Waals surface area contributed by atoms with Crippen LogP contribution in [-0.2, 0) is 21.0 Å². The molecule has 52 heavy (non-hydrogen) atoms. The zero-order valence-corrected chi connectivity index (χ0v) is 34.4. The summed E-state index contributed by atoms with van der Waals surface area (Å²) in [5, 5.41) is 2.29. The summed E-state index contributed by atoms with van der Waals surface area (Å²) in [6, 6.07) is 14.1. The van der Waals surface area contributed by atoms with E-state index in [1.165, 1.54) is 50.3 Å². The highest BCUT2D eigenvalue weighted by molar-refractivity contribution is 7.99. The molecule has 280 valence electrons. The molecule has 7 nitrogen and oxygen atoms in total. The number of ether oxygens (including phenoxy) is 2. The summed E-state index contributed by atoms with van der Waals surface area (Å²) >= 11 is 8.37. The number of benzene rings is 2. The molecule has 0 unspecified atom stereocenters. The molecule has 0 radical (unpaired) electrons. The number of methoxy groups -OCH3 is 1. The minimum absolute atomic E-state index is 0.125. The van der Waals surface area contributed by atoms with Gasteiger partial charge in [0.1, 0.15) is 5.75 Å². The van der Waals surface area contributed by atoms with E-state index in [2.05, 4.69) is 60.9 Å². The van der Waals surface area contributed by atoms with Gasteiger partial charge in [-0.1, -0.05) is 56.6 Å². The van der Waals surface area contributed by atoms with E-state index in [0.717, 1.165) is 60.4 Å². The first-order valence-electron chi connectivity index (χ1n) is 19.4. The van der Waals surface area contributed by atoms with E-state index in [1.807, 2.05) is 54.5 Å². The van der Waals surface area contributed by atoms with Gasteiger partial charge in [-0.2, -0.15) is 0 Å². The molecule has 1 spiro atoms. The van der Waals surface area contributed by atoms with E-state index in [0.29, 0.717) is 35.2 Å². The minimum Gasteiger partial charge on any atom is -0.490 e. The Hall–Kier alpha value is -2.59. The second-order valence-electron chi connectivity index (χ2n) is 17.3. The average molecular weight is 763 g/mol. The normalized spacial score (nSPS) is 26.7. The first-order valence-corrected chi connectivity index (χ1v) is 23.5. The number of aryl methyl sites for hydroxylation is 1. The average Bonchev–Trinajstić information content (AvgIpc) is 3.26. The molecule has 2 heterocycles. The van der Waals surface area contributed by atoms with Crippen molar-refractivity contribution < 1.29 is 18.7 Å². The fourth-order valence-electron chi connectivity index (χ4n) is 9.03. The number of carbonyl (C=O) groups excluding carboxylic acids is 1. The molecule has 2 fully saturated rings. The summed E-state index contributed by atoms with van der Waals surface area (Å²) in [6.07, 6.45) is 14.2. The van der Waals surface area contributed by atoms with Crippen LogP contribution in [0.4, 0.5) is 5.69 Å². The number of carbonyl (C=O) groups is 1. The van der Waals surface area contributed by atoms with Crippen LogP contribution in [0, 0.1) is 17.8 Å². The number of halogens is 1. The van der Waals surface area contributed by atoms with Crippen molar-refractivity contribution >= 4 is 43.3 Å². The topological polar surface area (TPSA) is 73.8 Å². The van der Waals surface area contributed by atoms with Gasteiger partial charge in [0, 0.05) is 41.2 Å². The quantitative estimate of drug-likeness (QED) is 0.121. The Bertz CT molecular complexity index is 1740. The number of nitrogens with zero attached hydrogens (tertiary/aromatic N) is 3. The lowest BCUT2D eigenvalue weighted by Crippen LogP contribution is -2.54. The largest absolute Gasteiger partial charge is 0.490 e. The number of esters is 1. The van der Waals surface area contributed by atoms with Crippen molar-refractivity contribution in [2.75, 3.05) is 31.7 Å². The maximum atomic E-state index is 12.8. The van der Waals surface area contributed by atoms with E-state index in [1.54, 1.807) is 0 Å². The summed E-state index contributed by atoms with van der Waals surface area (Å²) in [7, 11) is -0.620. The lowest BCUT2D eigenvalue weighted by atomic mass is 9.65. The molecule has 2 aromatic carbocycles. The van der Waals surface area contributed by atoms with Crippen molar-refractivity contribution in [2.45, 2.75) is 119 Å². The Labute approximate surface area is 321 Å². The van der Waals surface area contributed by atoms with Gasteiger partial charge in [0.15, 0.2) is 13.5 Å². The standard InChI is InChI=1S/C42H56ClN3O4SSi/c1-41(2,3)52(5,6)50-38(29-10-7-12-33(23-29)51-40-44-20-9-21-45-40)34-16-13-31(34)25-46-26-42(19-8-11-28-22-32(43)15-17-35(28)42)27-49-37-18-14-30(24-36(37)46)39(47)48-4/h9,14-15,17-18,20-22,24,29,31,33-34,38H,7-8,10-13,16,19,23,25-27H2,1-6H3/t29-,31+,33+,34-,38-,42+/m1/s1. The van der Waals surface area contributed by atoms with Crippen LogP contribution in [0.15, 0.2) is 60.0 Å². The van der Waals surface area contributed by atoms with Crippen LogP contribution in [0.2, 0.25) is 23.2 Å². The van der Waals surface area contributed by atoms with Crippen molar-refractivity contribution in [1.82, 2.24) is 9.97 Å². The van der Waals surface area contributed by atoms with Gasteiger partial charge in [0.05, 0.1) is 31.1 Å². The summed E-state index contributed by atoms with van der Waals surface area (Å²) in [5.74, 6) is 1.96. The summed E-state index contributed by atoms with van der Waals surface area (Å²) in [6.45, 7) is 14.3. The lowest BCUT2D eigenvalue weighted by Gasteiger charge is -2.52. The third-order valence-corrected chi connectivity index (χ3v) is 18.9. The monoisotopic (exact) mass is 761 g/mol. The molecule has 10 heteroatoms. The number of fused-ring (bicyclic) bond motifs is 3. The number of rotatable bonds is 9. The number of hydrogen-bond acceptors (Lipinski definition) is 8. The predicted octanol–water partition coefficient (Wildman–Crippen LogP) is 10.2. The van der Waals surface area contributed by atoms with E-state index in [9.17, 15) is 4.79 Å². The third kappa shape index (κ3) is 7.80. The molecule has 0 N–H and O–H groups in total. The highest BCUT2D eigenvalue weighted by atomic mass is 35.5. The molecule has 0 saturated heterocycles. The predicted molar refractivity (Wildman–Crippen MR) is 213 cm³/mol. The molecule has 6 atom stereocenters. The van der Waals surface area contributed by atoms with E-state index in [4.69, 9.17) is 25.5 Å². The van der Waals surface area contributed by atoms with Crippen molar-refractivity contribution in [3.63, 3.8) is 0 Å². The maximum absolute atomic E-state index is 12.8. The summed E-state index contributed by atoms with van der Waals surface area (Å²) in [5.41, 5.74) is 4.06. The van der Waals surface area contributed by atoms with Gasteiger partial charge in [-0.05, 0) is 135 Å². The van der Waals surface area contributed by atoms with Gasteiger partial charge in [0.25, 0.3) is 0 Å². The highest BCUT2D eigenvalue weighted by Gasteiger charge is 2.49. The van der Waals surface area contributed by atoms with Crippen LogP contribution >= 0.6 is 23.4 Å². The Balaban J connectivity index is 1.20. The Morgan fingerprint density at radius 3 is 2.63 bits per heavy atom. The smallest absolute Gasteiger partial charge is 0.337 e. The summed E-state index contributed by atoms with van der Waals surface area (Å²) in [4.78, 5) is 24.5. The summed E-state index contributed by atoms with van der Waals surface area (Å²) < 4.78 is 19.5. The van der Waals surface area contributed by atoms with E-state index >= 15 is 0 Å². The Kier molecular flexibility index (Phi) is 11.1. The van der Waals surface area contributed by atoms with Gasteiger partial charge < -0.3 is 18.8 Å². The SMILES string of the molecule is COC(=O)c1ccc2c(c1)N(C[C@@H]1CC[C@H]1[C@H](O[Si](C)(C)C(C)(C)C)[C@@H]1CCC[C@H](Sc3ncccn3)C1)C[C@@]1(CCCc3cc(Cl)ccc31)CO2. The molecular formula is C42H56ClN3O4SSi. The second kappa shape index (κ2) is 15.3. The van der Waals surface area contributed by atoms with Crippen molar-refractivity contribution in [2.24, 2.45) is 17.8 Å². The maximum Gasteiger partial charge on any atom is 0.337 e. The van der Waals surface area contributed by atoms with Crippen LogP contribution in [0.3, 0.4) is 0 Å². The molecule has 0 bridgehead atoms. The van der Waals surface area contributed by atoms with Crippen LogP contribution < -0.4 is 9.64 Å². The molecule has 1 aliphatic heterocycles. The van der Waals surface area contributed by atoms with Crippen LogP contribution in [0.5, 0.6) is 5.75 Å². The number of thioether (sulfide) groups is 1. The van der Waals surface area contributed by atoms with Gasteiger partial charge in [-0.3, -0.25) is 0 Å². The molecule has 2 saturated carbocycles. The zero-order valence-electron chi connectivity index (χ0n) is 31.8. The number of aromatic nitrogens is 2. The second-order valence-corrected chi connectivity index (χ2v) is 23.8. The van der Waals surface area contributed by atoms with Crippen molar-refractivity contribution in [1.29, 1.82) is 0 Å². The molecule has 3 aromatic rings. The van der Waals surface area contributed by atoms with Crippen LogP contribution in [-0.4, -0.2) is 62.4 Å². The van der Waals surface area contributed by atoms with Gasteiger partial charge in [-0.15, -0.1) is 0 Å². The van der Waals surface area contributed by atoms with E-state index < -0.39 is 8.32 Å². The van der Waals surface area contributed by atoms with Crippen molar-refractivity contribution in [3.05, 3.63) is 76.6 Å². The number of hydrogen-bond donors (Lipinski definition) is 0. The Morgan fingerprint density at radius 1 is 1.10 bits per heavy atom. The van der Waals surface area contributed by atoms with Gasteiger partial charge in [-0.25, -0.2) is 14.8 Å². The molecule has 0 amide bonds. The fraction of sp³-hybridized carbons (Fsp3) is 0.595. The molecule has 3 aliphatic carbocycles. The zero-order chi connectivity index (χ0) is 36.7. The minimum atomic E-state index is -2.07. The third-order valence-electron chi connectivity index (χ3n) is 13.0. The number of anilines is 1. The molecular weight excluding hydrogens is 706 g/mol. The van der Waals surface area contributed by atoms with E-state index in [-0.39, 0.29) is 22.5 Å². The van der Waals surface area contributed by atoms with Crippen molar-refractivity contribution in [3.8, 4) is 5.75 Å². The molecule has 7 rings (SSSR count). The molecule has 1 aromatic heterocycles. The fourth-order valence-corrected chi connectivity index (χ4v) is 11.8. The Morgan fingerprint density at radius 2 is 1.90 bits per heavy atom. The van der Waals surface area contributed by atoms with Crippen LogP contribution in [0.25, 0.3) is 0 Å². The first kappa shape index (κ1) is 37.7. The van der Waals surface area contributed by atoms with Gasteiger partial charge in [0.2, 0.25) is 0 Å². The molecule has 4 aliphatic rings. The highest BCUT2D eigenvalue weighted by Crippen LogP contribution is 2.51. The lowest BCUT2D eigenvalue weighted by molar-refractivity contribution is -0.0225. The van der Waals surface area contributed by atoms with Gasteiger partial charge >= 0.3 is 5.97 Å². The van der Waals surface area contributed by atoms with Crippen LogP contribution in [0.1, 0.15) is 93.6 Å². The first-order chi connectivity index (χ1) is 24.9.